The topological polar surface area (TPSA) is 95.7 Å². The van der Waals surface area contributed by atoms with E-state index in [1.807, 2.05) is 12.1 Å². The van der Waals surface area contributed by atoms with Gasteiger partial charge in [0, 0.05) is 17.1 Å². The van der Waals surface area contributed by atoms with Crippen molar-refractivity contribution in [3.05, 3.63) is 84.6 Å². The van der Waals surface area contributed by atoms with E-state index in [0.29, 0.717) is 22.5 Å². The number of benzene rings is 2. The predicted molar refractivity (Wildman–Crippen MR) is 107 cm³/mol. The van der Waals surface area contributed by atoms with Crippen molar-refractivity contribution >= 4 is 26.6 Å². The smallest absolute Gasteiger partial charge is 0.276 e. The first kappa shape index (κ1) is 17.6. The highest BCUT2D eigenvalue weighted by Crippen LogP contribution is 2.24. The van der Waals surface area contributed by atoms with Crippen molar-refractivity contribution in [3.63, 3.8) is 0 Å². The van der Waals surface area contributed by atoms with E-state index in [2.05, 4.69) is 20.8 Å². The van der Waals surface area contributed by atoms with Crippen molar-refractivity contribution in [2.24, 2.45) is 0 Å². The number of para-hydroxylation sites is 1. The maximum Gasteiger partial charge on any atom is 0.279 e. The maximum absolute atomic E-state index is 12.9. The fourth-order valence-corrected chi connectivity index (χ4v) is 3.86. The molecule has 0 saturated heterocycles. The minimum absolute atomic E-state index is 0.0951. The second-order valence-corrected chi connectivity index (χ2v) is 7.67. The molecule has 7 heteroatoms. The first-order valence-corrected chi connectivity index (χ1v) is 9.89. The van der Waals surface area contributed by atoms with Gasteiger partial charge >= 0.3 is 0 Å². The minimum Gasteiger partial charge on any atom is -0.276 e. The molecular weight excluding hydrogens is 372 g/mol. The van der Waals surface area contributed by atoms with E-state index in [9.17, 15) is 8.42 Å². The van der Waals surface area contributed by atoms with E-state index in [-0.39, 0.29) is 5.03 Å². The Morgan fingerprint density at radius 1 is 0.893 bits per heavy atom. The molecule has 1 N–H and O–H groups in total. The number of anilines is 1. The number of rotatable bonds is 4. The molecule has 6 nitrogen and oxygen atoms in total. The zero-order valence-electron chi connectivity index (χ0n) is 14.6. The highest BCUT2D eigenvalue weighted by Gasteiger charge is 2.18. The van der Waals surface area contributed by atoms with Crippen LogP contribution in [0.4, 0.5) is 5.69 Å². The van der Waals surface area contributed by atoms with Crippen LogP contribution in [0.1, 0.15) is 5.56 Å². The maximum atomic E-state index is 12.9. The molecule has 0 aliphatic heterocycles. The molecule has 0 aliphatic rings. The van der Waals surface area contributed by atoms with Gasteiger partial charge in [-0.2, -0.15) is 13.7 Å². The summed E-state index contributed by atoms with van der Waals surface area (Å²) in [5.74, 6) is 0. The van der Waals surface area contributed by atoms with Crippen molar-refractivity contribution in [1.82, 2.24) is 9.97 Å². The second-order valence-electron chi connectivity index (χ2n) is 6.04. The molecule has 0 atom stereocenters. The van der Waals surface area contributed by atoms with Crippen LogP contribution >= 0.6 is 0 Å². The number of sulfonamides is 1. The number of hydrogen-bond acceptors (Lipinski definition) is 5. The molecule has 0 spiro atoms. The molecule has 0 saturated carbocycles. The highest BCUT2D eigenvalue weighted by molar-refractivity contribution is 7.92. The summed E-state index contributed by atoms with van der Waals surface area (Å²) in [6.07, 6.45) is 1.61. The van der Waals surface area contributed by atoms with Crippen molar-refractivity contribution in [3.8, 4) is 17.3 Å². The number of nitriles is 1. The molecule has 136 valence electrons. The van der Waals surface area contributed by atoms with Crippen LogP contribution in [0, 0.1) is 11.3 Å². The third kappa shape index (κ3) is 3.41. The number of nitrogens with zero attached hydrogens (tertiary/aromatic N) is 3. The molecule has 0 bridgehead atoms. The average Bonchev–Trinajstić information content (AvgIpc) is 2.74. The molecule has 0 unspecified atom stereocenters. The van der Waals surface area contributed by atoms with Gasteiger partial charge in [-0.25, -0.2) is 4.98 Å². The van der Waals surface area contributed by atoms with E-state index in [4.69, 9.17) is 5.26 Å². The number of aromatic nitrogens is 2. The van der Waals surface area contributed by atoms with Crippen LogP contribution in [0.15, 0.2) is 84.0 Å². The lowest BCUT2D eigenvalue weighted by atomic mass is 10.1. The highest BCUT2D eigenvalue weighted by atomic mass is 32.2. The monoisotopic (exact) mass is 386 g/mol. The predicted octanol–water partition coefficient (Wildman–Crippen LogP) is 3.97. The summed E-state index contributed by atoms with van der Waals surface area (Å²) in [4.78, 5) is 8.56. The van der Waals surface area contributed by atoms with Gasteiger partial charge in [-0.05, 0) is 36.4 Å². The normalized spacial score (nSPS) is 11.1. The van der Waals surface area contributed by atoms with Gasteiger partial charge in [0.15, 0.2) is 5.03 Å². The summed E-state index contributed by atoms with van der Waals surface area (Å²) in [5.41, 5.74) is 2.71. The Morgan fingerprint density at radius 3 is 2.43 bits per heavy atom. The fraction of sp³-hybridized carbons (Fsp3) is 0. The fourth-order valence-electron chi connectivity index (χ4n) is 2.82. The minimum atomic E-state index is -3.90. The lowest BCUT2D eigenvalue weighted by molar-refractivity contribution is 0.598. The van der Waals surface area contributed by atoms with Crippen molar-refractivity contribution in [1.29, 1.82) is 5.26 Å². The lowest BCUT2D eigenvalue weighted by Crippen LogP contribution is -2.15. The lowest BCUT2D eigenvalue weighted by Gasteiger charge is -2.10. The molecule has 0 aliphatic carbocycles. The van der Waals surface area contributed by atoms with Crippen LogP contribution in [-0.2, 0) is 10.0 Å². The van der Waals surface area contributed by atoms with Crippen molar-refractivity contribution < 1.29 is 8.42 Å². The molecule has 28 heavy (non-hydrogen) atoms. The van der Waals surface area contributed by atoms with Crippen LogP contribution in [0.3, 0.4) is 0 Å². The molecule has 0 fully saturated rings. The Hall–Kier alpha value is -3.76. The molecule has 2 heterocycles. The summed E-state index contributed by atoms with van der Waals surface area (Å²) >= 11 is 0. The van der Waals surface area contributed by atoms with Gasteiger partial charge in [0.1, 0.15) is 0 Å². The summed E-state index contributed by atoms with van der Waals surface area (Å²) in [6, 6.07) is 22.6. The van der Waals surface area contributed by atoms with Gasteiger partial charge in [-0.3, -0.25) is 9.71 Å². The quantitative estimate of drug-likeness (QED) is 0.572. The summed E-state index contributed by atoms with van der Waals surface area (Å²) in [5, 5.41) is 9.65. The number of pyridine rings is 2. The Morgan fingerprint density at radius 2 is 1.64 bits per heavy atom. The molecule has 2 aromatic carbocycles. The van der Waals surface area contributed by atoms with Gasteiger partial charge in [-0.15, -0.1) is 0 Å². The van der Waals surface area contributed by atoms with Crippen molar-refractivity contribution in [2.45, 2.75) is 5.03 Å². The van der Waals surface area contributed by atoms with Crippen LogP contribution in [0.2, 0.25) is 0 Å². The van der Waals surface area contributed by atoms with Gasteiger partial charge in [-0.1, -0.05) is 36.4 Å². The molecule has 2 aromatic heterocycles. The number of hydrogen-bond donors (Lipinski definition) is 1. The average molecular weight is 386 g/mol. The summed E-state index contributed by atoms with van der Waals surface area (Å²) in [6.45, 7) is 0. The van der Waals surface area contributed by atoms with E-state index in [1.165, 1.54) is 6.07 Å². The second kappa shape index (κ2) is 7.10. The number of fused-ring (bicyclic) bond motifs is 1. The van der Waals surface area contributed by atoms with E-state index in [0.717, 1.165) is 10.9 Å². The van der Waals surface area contributed by atoms with E-state index >= 15 is 0 Å². The van der Waals surface area contributed by atoms with Gasteiger partial charge in [0.25, 0.3) is 10.0 Å². The first-order chi connectivity index (χ1) is 13.6. The largest absolute Gasteiger partial charge is 0.279 e. The van der Waals surface area contributed by atoms with Gasteiger partial charge in [0.2, 0.25) is 0 Å². The molecule has 4 rings (SSSR count). The van der Waals surface area contributed by atoms with Gasteiger partial charge in [0.05, 0.1) is 28.5 Å². The van der Waals surface area contributed by atoms with Crippen LogP contribution in [0.5, 0.6) is 0 Å². The van der Waals surface area contributed by atoms with E-state index < -0.39 is 10.0 Å². The number of nitrogens with one attached hydrogen (secondary N) is 1. The van der Waals surface area contributed by atoms with Crippen molar-refractivity contribution in [2.75, 3.05) is 4.72 Å². The van der Waals surface area contributed by atoms with Crippen LogP contribution in [0.25, 0.3) is 22.2 Å². The standard InChI is InChI=1S/C21H14N4O2S/c22-14-15-9-11-16(12-10-15)18-6-2-8-20(24-18)28(26,27)25-19-7-1-4-17-5-3-13-23-21(17)19/h1-13,25H. The zero-order chi connectivity index (χ0) is 19.6. The summed E-state index contributed by atoms with van der Waals surface area (Å²) in [7, 11) is -3.90. The van der Waals surface area contributed by atoms with Crippen LogP contribution in [-0.4, -0.2) is 18.4 Å². The van der Waals surface area contributed by atoms with Gasteiger partial charge < -0.3 is 0 Å². The molecule has 0 radical (unpaired) electrons. The molecular formula is C21H14N4O2S. The third-order valence-electron chi connectivity index (χ3n) is 4.19. The Labute approximate surface area is 162 Å². The zero-order valence-corrected chi connectivity index (χ0v) is 15.4. The first-order valence-electron chi connectivity index (χ1n) is 8.41. The van der Waals surface area contributed by atoms with E-state index in [1.54, 1.807) is 60.8 Å². The third-order valence-corrected chi connectivity index (χ3v) is 5.45. The summed E-state index contributed by atoms with van der Waals surface area (Å²) < 4.78 is 28.3. The Balaban J connectivity index is 1.70. The SMILES string of the molecule is N#Cc1ccc(-c2cccc(S(=O)(=O)Nc3cccc4cccnc34)n2)cc1. The Kier molecular flexibility index (Phi) is 4.47. The van der Waals surface area contributed by atoms with Crippen LogP contribution < -0.4 is 4.72 Å². The Bertz CT molecular complexity index is 1310. The molecule has 4 aromatic rings. The molecule has 0 amide bonds.